The molecule has 8 heteroatoms. The first-order valence-corrected chi connectivity index (χ1v) is 7.53. The van der Waals surface area contributed by atoms with Gasteiger partial charge in [0.05, 0.1) is 24.5 Å². The van der Waals surface area contributed by atoms with Crippen molar-refractivity contribution in [2.24, 2.45) is 0 Å². The molecular weight excluding hydrogens is 370 g/mol. The molecule has 7 nitrogen and oxygen atoms in total. The van der Waals surface area contributed by atoms with E-state index in [9.17, 15) is 14.4 Å². The number of carbonyl (C=O) groups excluding carboxylic acids is 2. The van der Waals surface area contributed by atoms with E-state index < -0.39 is 17.9 Å². The molecule has 0 spiro atoms. The quantitative estimate of drug-likeness (QED) is 0.321. The Kier molecular flexibility index (Phi) is 7.27. The van der Waals surface area contributed by atoms with Crippen LogP contribution < -0.4 is 5.32 Å². The average Bonchev–Trinajstić information content (AvgIpc) is 2.49. The topological polar surface area (TPSA) is 102 Å². The summed E-state index contributed by atoms with van der Waals surface area (Å²) in [6, 6.07) is 4.28. The fourth-order valence-corrected chi connectivity index (χ4v) is 2.03. The van der Waals surface area contributed by atoms with Crippen molar-refractivity contribution in [3.05, 3.63) is 40.0 Å². The van der Waals surface area contributed by atoms with E-state index in [0.29, 0.717) is 10.2 Å². The van der Waals surface area contributed by atoms with E-state index >= 15 is 0 Å². The van der Waals surface area contributed by atoms with Crippen LogP contribution in [-0.2, 0) is 19.1 Å². The highest BCUT2D eigenvalue weighted by Crippen LogP contribution is 2.24. The van der Waals surface area contributed by atoms with Gasteiger partial charge in [-0.2, -0.15) is 0 Å². The third-order valence-corrected chi connectivity index (χ3v) is 3.23. The van der Waals surface area contributed by atoms with Gasteiger partial charge in [-0.15, -0.1) is 0 Å². The van der Waals surface area contributed by atoms with Crippen LogP contribution in [0.4, 0.5) is 5.69 Å². The Morgan fingerprint density at radius 2 is 1.74 bits per heavy atom. The first-order chi connectivity index (χ1) is 10.9. The maximum absolute atomic E-state index is 11.8. The Balaban J connectivity index is 3.02. The fraction of sp³-hybridized carbons (Fsp3) is 0.267. The molecule has 2 N–H and O–H groups in total. The van der Waals surface area contributed by atoms with Gasteiger partial charge in [0.25, 0.3) is 0 Å². The molecule has 0 radical (unpaired) electrons. The molecule has 0 bridgehead atoms. The van der Waals surface area contributed by atoms with Crippen molar-refractivity contribution in [2.45, 2.75) is 13.8 Å². The van der Waals surface area contributed by atoms with Gasteiger partial charge in [0.15, 0.2) is 5.57 Å². The molecule has 0 heterocycles. The Bertz CT molecular complexity index is 621. The maximum Gasteiger partial charge on any atom is 0.347 e. The lowest BCUT2D eigenvalue weighted by Crippen LogP contribution is -2.19. The Morgan fingerprint density at radius 1 is 1.17 bits per heavy atom. The summed E-state index contributed by atoms with van der Waals surface area (Å²) in [4.78, 5) is 34.5. The molecule has 0 unspecified atom stereocenters. The third kappa shape index (κ3) is 5.41. The van der Waals surface area contributed by atoms with E-state index in [2.05, 4.69) is 21.2 Å². The molecule has 23 heavy (non-hydrogen) atoms. The molecule has 0 aromatic heterocycles. The first kappa shape index (κ1) is 18.7. The zero-order valence-electron chi connectivity index (χ0n) is 12.6. The molecule has 1 aromatic carbocycles. The van der Waals surface area contributed by atoms with Crippen LogP contribution in [0.15, 0.2) is 34.4 Å². The van der Waals surface area contributed by atoms with Crippen LogP contribution in [0.5, 0.6) is 0 Å². The number of halogens is 1. The van der Waals surface area contributed by atoms with E-state index in [-0.39, 0.29) is 24.4 Å². The Morgan fingerprint density at radius 3 is 2.17 bits per heavy atom. The van der Waals surface area contributed by atoms with E-state index in [4.69, 9.17) is 14.6 Å². The molecule has 0 aliphatic rings. The van der Waals surface area contributed by atoms with E-state index in [1.54, 1.807) is 13.8 Å². The molecule has 0 saturated heterocycles. The van der Waals surface area contributed by atoms with Crippen LogP contribution in [0.25, 0.3) is 0 Å². The maximum atomic E-state index is 11.8. The van der Waals surface area contributed by atoms with Gasteiger partial charge in [0.1, 0.15) is 0 Å². The number of carboxylic acid groups (broad SMARTS) is 1. The Hall–Kier alpha value is -2.35. The van der Waals surface area contributed by atoms with Gasteiger partial charge in [0.2, 0.25) is 0 Å². The highest BCUT2D eigenvalue weighted by molar-refractivity contribution is 9.10. The van der Waals surface area contributed by atoms with Crippen molar-refractivity contribution >= 4 is 39.5 Å². The van der Waals surface area contributed by atoms with Gasteiger partial charge in [-0.25, -0.2) is 14.4 Å². The second kappa shape index (κ2) is 8.94. The summed E-state index contributed by atoms with van der Waals surface area (Å²) in [6.07, 6.45) is 1.16. The molecule has 0 amide bonds. The Labute approximate surface area is 141 Å². The van der Waals surface area contributed by atoms with Crippen molar-refractivity contribution < 1.29 is 29.0 Å². The summed E-state index contributed by atoms with van der Waals surface area (Å²) >= 11 is 3.21. The van der Waals surface area contributed by atoms with Crippen molar-refractivity contribution in [3.8, 4) is 0 Å². The minimum atomic E-state index is -1.06. The minimum Gasteiger partial charge on any atom is -0.478 e. The normalized spacial score (nSPS) is 9.70. The van der Waals surface area contributed by atoms with Gasteiger partial charge >= 0.3 is 17.9 Å². The highest BCUT2D eigenvalue weighted by atomic mass is 79.9. The van der Waals surface area contributed by atoms with E-state index in [1.165, 1.54) is 18.2 Å². The molecule has 1 aromatic rings. The zero-order valence-corrected chi connectivity index (χ0v) is 14.2. The van der Waals surface area contributed by atoms with Crippen molar-refractivity contribution in [3.63, 3.8) is 0 Å². The second-order valence-electron chi connectivity index (χ2n) is 4.14. The van der Waals surface area contributed by atoms with Crippen LogP contribution in [0, 0.1) is 0 Å². The number of anilines is 1. The molecule has 0 fully saturated rings. The number of hydrogen-bond donors (Lipinski definition) is 2. The second-order valence-corrected chi connectivity index (χ2v) is 5.00. The smallest absolute Gasteiger partial charge is 0.347 e. The van der Waals surface area contributed by atoms with Gasteiger partial charge in [0, 0.05) is 10.7 Å². The van der Waals surface area contributed by atoms with Crippen molar-refractivity contribution in [1.29, 1.82) is 0 Å². The van der Waals surface area contributed by atoms with Crippen LogP contribution >= 0.6 is 15.9 Å². The number of carboxylic acids is 1. The largest absolute Gasteiger partial charge is 0.478 e. The summed E-state index contributed by atoms with van der Waals surface area (Å²) in [7, 11) is 0. The standard InChI is InChI=1S/C15H16BrNO6/c1-3-22-14(20)10(15(21)23-4-2)8-17-12-6-5-9(13(18)19)7-11(12)16/h5-8,17H,3-4H2,1-2H3,(H,18,19). The SMILES string of the molecule is CCOC(=O)C(=CNc1ccc(C(=O)O)cc1Br)C(=O)OCC. The number of carbonyl (C=O) groups is 3. The lowest BCUT2D eigenvalue weighted by molar-refractivity contribution is -0.146. The van der Waals surface area contributed by atoms with Crippen LogP contribution in [0.1, 0.15) is 24.2 Å². The van der Waals surface area contributed by atoms with Crippen LogP contribution in [-0.4, -0.2) is 36.2 Å². The van der Waals surface area contributed by atoms with Gasteiger partial charge in [-0.05, 0) is 48.0 Å². The molecule has 0 atom stereocenters. The van der Waals surface area contributed by atoms with Gasteiger partial charge in [-0.3, -0.25) is 0 Å². The monoisotopic (exact) mass is 385 g/mol. The number of benzene rings is 1. The average molecular weight is 386 g/mol. The molecule has 0 aliphatic heterocycles. The van der Waals surface area contributed by atoms with Crippen molar-refractivity contribution in [1.82, 2.24) is 0 Å². The molecule has 1 rings (SSSR count). The lowest BCUT2D eigenvalue weighted by atomic mass is 10.2. The number of hydrogen-bond acceptors (Lipinski definition) is 6. The molecule has 124 valence electrons. The summed E-state index contributed by atoms with van der Waals surface area (Å²) in [5, 5.41) is 11.7. The summed E-state index contributed by atoms with van der Waals surface area (Å²) in [5.74, 6) is -2.68. The molecular formula is C15H16BrNO6. The predicted octanol–water partition coefficient (Wildman–Crippen LogP) is 2.57. The van der Waals surface area contributed by atoms with Gasteiger partial charge < -0.3 is 19.9 Å². The number of aromatic carboxylic acids is 1. The number of nitrogens with one attached hydrogen (secondary N) is 1. The number of rotatable bonds is 7. The van der Waals surface area contributed by atoms with E-state index in [0.717, 1.165) is 6.20 Å². The fourth-order valence-electron chi connectivity index (χ4n) is 1.53. The third-order valence-electron chi connectivity index (χ3n) is 2.58. The predicted molar refractivity (Wildman–Crippen MR) is 86.1 cm³/mol. The highest BCUT2D eigenvalue weighted by Gasteiger charge is 2.21. The molecule has 0 saturated carbocycles. The zero-order chi connectivity index (χ0) is 17.4. The van der Waals surface area contributed by atoms with Gasteiger partial charge in [-0.1, -0.05) is 0 Å². The minimum absolute atomic E-state index is 0.0995. The van der Waals surface area contributed by atoms with E-state index in [1.807, 2.05) is 0 Å². The summed E-state index contributed by atoms with van der Waals surface area (Å²) in [6.45, 7) is 3.48. The van der Waals surface area contributed by atoms with Crippen LogP contribution in [0.3, 0.4) is 0 Å². The number of esters is 2. The lowest BCUT2D eigenvalue weighted by Gasteiger charge is -2.09. The van der Waals surface area contributed by atoms with Crippen molar-refractivity contribution in [2.75, 3.05) is 18.5 Å². The summed E-state index contributed by atoms with van der Waals surface area (Å²) in [5.41, 5.74) is 0.284. The van der Waals surface area contributed by atoms with Crippen LogP contribution in [0.2, 0.25) is 0 Å². The first-order valence-electron chi connectivity index (χ1n) is 6.74. The molecule has 0 aliphatic carbocycles. The number of ether oxygens (including phenoxy) is 2. The summed E-state index contributed by atoms with van der Waals surface area (Å²) < 4.78 is 10.1.